The van der Waals surface area contributed by atoms with E-state index in [1.807, 2.05) is 0 Å². The molecule has 1 aliphatic rings. The van der Waals surface area contributed by atoms with Crippen molar-refractivity contribution in [3.8, 4) is 11.5 Å². The first kappa shape index (κ1) is 16.1. The van der Waals surface area contributed by atoms with Gasteiger partial charge in [-0.2, -0.15) is 0 Å². The van der Waals surface area contributed by atoms with E-state index in [0.29, 0.717) is 12.0 Å². The molecule has 0 spiro atoms. The Labute approximate surface area is 130 Å². The molecule has 1 aliphatic heterocycles. The van der Waals surface area contributed by atoms with Gasteiger partial charge in [0.25, 0.3) is 0 Å². The molecule has 0 amide bonds. The lowest BCUT2D eigenvalue weighted by molar-refractivity contribution is 0.0970. The van der Waals surface area contributed by atoms with E-state index >= 15 is 0 Å². The van der Waals surface area contributed by atoms with Crippen LogP contribution in [0.5, 0.6) is 11.5 Å². The first-order valence-electron chi connectivity index (χ1n) is 7.44. The molecule has 116 valence electrons. The van der Waals surface area contributed by atoms with Gasteiger partial charge in [0.1, 0.15) is 0 Å². The number of Topliss-reactive ketones (excluding diaryl/α,β-unsaturated/α-hetero) is 1. The molecule has 1 fully saturated rings. The molecule has 5 heteroatoms. The number of benzene rings is 1. The lowest BCUT2D eigenvalue weighted by Gasteiger charge is -2.29. The van der Waals surface area contributed by atoms with Crippen molar-refractivity contribution >= 4 is 17.4 Å². The Kier molecular flexibility index (Phi) is 5.48. The highest BCUT2D eigenvalue weighted by molar-refractivity contribution is 6.32. The average molecular weight is 312 g/mol. The Balaban J connectivity index is 1.82. The molecule has 0 atom stereocenters. The smallest absolute Gasteiger partial charge is 0.176 e. The second-order valence-corrected chi connectivity index (χ2v) is 6.28. The van der Waals surface area contributed by atoms with E-state index in [9.17, 15) is 15.0 Å². The highest BCUT2D eigenvalue weighted by atomic mass is 35.5. The average Bonchev–Trinajstić information content (AvgIpc) is 2.46. The van der Waals surface area contributed by atoms with Crippen LogP contribution in [0.15, 0.2) is 12.1 Å². The van der Waals surface area contributed by atoms with Gasteiger partial charge >= 0.3 is 0 Å². The van der Waals surface area contributed by atoms with Crippen molar-refractivity contribution in [3.63, 3.8) is 0 Å². The second-order valence-electron chi connectivity index (χ2n) is 5.88. The van der Waals surface area contributed by atoms with Crippen LogP contribution in [0.3, 0.4) is 0 Å². The monoisotopic (exact) mass is 311 g/mol. The summed E-state index contributed by atoms with van der Waals surface area (Å²) in [6.07, 6.45) is 3.68. The minimum absolute atomic E-state index is 0.00312. The molecule has 4 nitrogen and oxygen atoms in total. The predicted octanol–water partition coefficient (Wildman–Crippen LogP) is 3.45. The van der Waals surface area contributed by atoms with Gasteiger partial charge < -0.3 is 15.1 Å². The van der Waals surface area contributed by atoms with Gasteiger partial charge in [-0.25, -0.2) is 0 Å². The van der Waals surface area contributed by atoms with Crippen molar-refractivity contribution in [1.82, 2.24) is 4.90 Å². The Morgan fingerprint density at radius 2 is 2.00 bits per heavy atom. The number of hydrogen-bond acceptors (Lipinski definition) is 4. The Morgan fingerprint density at radius 3 is 2.62 bits per heavy atom. The topological polar surface area (TPSA) is 60.8 Å². The number of phenols is 2. The SMILES string of the molecule is CC1CCN(CCCC(=O)c2cc(O)c(O)c(Cl)c2)CC1. The maximum Gasteiger partial charge on any atom is 0.176 e. The summed E-state index contributed by atoms with van der Waals surface area (Å²) in [4.78, 5) is 14.5. The standard InChI is InChI=1S/C16H22ClNO3/c1-11-4-7-18(8-5-11)6-2-3-14(19)12-9-13(17)16(21)15(20)10-12/h9-11,20-21H,2-8H2,1H3. The van der Waals surface area contributed by atoms with E-state index in [0.717, 1.165) is 32.0 Å². The molecule has 0 saturated carbocycles. The van der Waals surface area contributed by atoms with Crippen molar-refractivity contribution in [2.24, 2.45) is 5.92 Å². The van der Waals surface area contributed by atoms with Crippen molar-refractivity contribution in [2.75, 3.05) is 19.6 Å². The summed E-state index contributed by atoms with van der Waals surface area (Å²) in [6.45, 7) is 5.43. The number of carbonyl (C=O) groups excluding carboxylic acids is 1. The van der Waals surface area contributed by atoms with E-state index in [1.54, 1.807) is 0 Å². The van der Waals surface area contributed by atoms with Crippen LogP contribution < -0.4 is 0 Å². The summed E-state index contributed by atoms with van der Waals surface area (Å²) in [7, 11) is 0. The highest BCUT2D eigenvalue weighted by Gasteiger charge is 2.16. The lowest BCUT2D eigenvalue weighted by Crippen LogP contribution is -2.33. The van der Waals surface area contributed by atoms with Crippen molar-refractivity contribution in [2.45, 2.75) is 32.6 Å². The number of likely N-dealkylation sites (tertiary alicyclic amines) is 1. The number of hydrogen-bond donors (Lipinski definition) is 2. The molecule has 0 unspecified atom stereocenters. The molecule has 1 aromatic rings. The number of rotatable bonds is 5. The summed E-state index contributed by atoms with van der Waals surface area (Å²) >= 11 is 5.76. The first-order chi connectivity index (χ1) is 9.97. The van der Waals surface area contributed by atoms with Crippen LogP contribution in [-0.2, 0) is 0 Å². The fraction of sp³-hybridized carbons (Fsp3) is 0.562. The van der Waals surface area contributed by atoms with Crippen LogP contribution in [0.2, 0.25) is 5.02 Å². The van der Waals surface area contributed by atoms with Gasteiger partial charge in [0.15, 0.2) is 17.3 Å². The molecule has 0 aromatic heterocycles. The quantitative estimate of drug-likeness (QED) is 0.646. The van der Waals surface area contributed by atoms with Crippen molar-refractivity contribution < 1.29 is 15.0 Å². The van der Waals surface area contributed by atoms with Gasteiger partial charge in [-0.15, -0.1) is 0 Å². The van der Waals surface area contributed by atoms with E-state index in [2.05, 4.69) is 11.8 Å². The van der Waals surface area contributed by atoms with Gasteiger partial charge in [-0.05, 0) is 56.9 Å². The maximum absolute atomic E-state index is 12.1. The van der Waals surface area contributed by atoms with Gasteiger partial charge in [0.05, 0.1) is 5.02 Å². The van der Waals surface area contributed by atoms with Gasteiger partial charge in [-0.1, -0.05) is 18.5 Å². The fourth-order valence-corrected chi connectivity index (χ4v) is 2.85. The van der Waals surface area contributed by atoms with Crippen molar-refractivity contribution in [1.29, 1.82) is 0 Å². The summed E-state index contributed by atoms with van der Waals surface area (Å²) in [5, 5.41) is 18.9. The number of aromatic hydroxyl groups is 2. The largest absolute Gasteiger partial charge is 0.504 e. The van der Waals surface area contributed by atoms with Crippen molar-refractivity contribution in [3.05, 3.63) is 22.7 Å². The van der Waals surface area contributed by atoms with Crippen LogP contribution in [-0.4, -0.2) is 40.5 Å². The summed E-state index contributed by atoms with van der Waals surface area (Å²) < 4.78 is 0. The molecule has 0 radical (unpaired) electrons. The van der Waals surface area contributed by atoms with Gasteiger partial charge in [-0.3, -0.25) is 4.79 Å². The van der Waals surface area contributed by atoms with Gasteiger partial charge in [0, 0.05) is 12.0 Å². The molecule has 0 aliphatic carbocycles. The normalized spacial score (nSPS) is 17.0. The van der Waals surface area contributed by atoms with Crippen LogP contribution in [0.1, 0.15) is 43.0 Å². The molecule has 0 bridgehead atoms. The van der Waals surface area contributed by atoms with Crippen LogP contribution in [0.4, 0.5) is 0 Å². The molecular weight excluding hydrogens is 290 g/mol. The molecule has 2 rings (SSSR count). The number of phenolic OH excluding ortho intramolecular Hbond substituents is 2. The minimum Gasteiger partial charge on any atom is -0.504 e. The molecule has 2 N–H and O–H groups in total. The molecule has 21 heavy (non-hydrogen) atoms. The number of piperidine rings is 1. The minimum atomic E-state index is -0.379. The highest BCUT2D eigenvalue weighted by Crippen LogP contribution is 2.34. The third kappa shape index (κ3) is 4.35. The Morgan fingerprint density at radius 1 is 1.33 bits per heavy atom. The predicted molar refractivity (Wildman–Crippen MR) is 83.2 cm³/mol. The summed E-state index contributed by atoms with van der Waals surface area (Å²) in [5.74, 6) is 0.0223. The number of nitrogens with zero attached hydrogens (tertiary/aromatic N) is 1. The van der Waals surface area contributed by atoms with Crippen LogP contribution in [0, 0.1) is 5.92 Å². The zero-order valence-electron chi connectivity index (χ0n) is 12.3. The van der Waals surface area contributed by atoms with E-state index in [-0.39, 0.29) is 22.3 Å². The summed E-state index contributed by atoms with van der Waals surface area (Å²) in [6, 6.07) is 2.67. The van der Waals surface area contributed by atoms with E-state index in [4.69, 9.17) is 11.6 Å². The van der Waals surface area contributed by atoms with Crippen LogP contribution in [0.25, 0.3) is 0 Å². The number of ketones is 1. The Hall–Kier alpha value is -1.26. The van der Waals surface area contributed by atoms with E-state index < -0.39 is 0 Å². The third-order valence-electron chi connectivity index (χ3n) is 4.12. The van der Waals surface area contributed by atoms with Crippen LogP contribution >= 0.6 is 11.6 Å². The number of carbonyl (C=O) groups is 1. The molecule has 1 heterocycles. The van der Waals surface area contributed by atoms with E-state index in [1.165, 1.54) is 25.0 Å². The second kappa shape index (κ2) is 7.14. The first-order valence-corrected chi connectivity index (χ1v) is 7.82. The third-order valence-corrected chi connectivity index (χ3v) is 4.41. The summed E-state index contributed by atoms with van der Waals surface area (Å²) in [5.41, 5.74) is 0.350. The number of halogens is 1. The molecule has 1 aromatic carbocycles. The lowest BCUT2D eigenvalue weighted by atomic mass is 9.99. The Bertz CT molecular complexity index is 487. The molecular formula is C16H22ClNO3. The zero-order chi connectivity index (χ0) is 15.4. The maximum atomic E-state index is 12.1. The van der Waals surface area contributed by atoms with Gasteiger partial charge in [0.2, 0.25) is 0 Å². The zero-order valence-corrected chi connectivity index (χ0v) is 13.1. The molecule has 1 saturated heterocycles. The fourth-order valence-electron chi connectivity index (χ4n) is 2.64.